The number of rotatable bonds is 5. The lowest BCUT2D eigenvalue weighted by Gasteiger charge is -2.28. The van der Waals surface area contributed by atoms with Crippen LogP contribution in [0.3, 0.4) is 0 Å². The molecule has 6 amide bonds. The molecule has 4 rings (SSSR count). The fourth-order valence-corrected chi connectivity index (χ4v) is 5.42. The molecule has 5 N–H and O–H groups in total. The summed E-state index contributed by atoms with van der Waals surface area (Å²) >= 11 is 0. The Morgan fingerprint density at radius 3 is 2.41 bits per heavy atom. The summed E-state index contributed by atoms with van der Waals surface area (Å²) in [6, 6.07) is 7.82. The highest BCUT2D eigenvalue weighted by Gasteiger charge is 2.33. The molecular formula is C34H43FN8O6. The number of hydrogen-bond donors (Lipinski definition) is 5. The van der Waals surface area contributed by atoms with Gasteiger partial charge in [-0.3, -0.25) is 33.2 Å². The smallest absolute Gasteiger partial charge is 0.275 e. The van der Waals surface area contributed by atoms with Crippen LogP contribution >= 0.6 is 0 Å². The largest absolute Gasteiger partial charge is 0.355 e. The molecule has 0 spiro atoms. The first kappa shape index (κ1) is 36.5. The van der Waals surface area contributed by atoms with Crippen LogP contribution in [0.1, 0.15) is 55.2 Å². The van der Waals surface area contributed by atoms with E-state index in [2.05, 4.69) is 31.6 Å². The predicted octanol–water partition coefficient (Wildman–Crippen LogP) is 0.622. The van der Waals surface area contributed by atoms with Crippen molar-refractivity contribution < 1.29 is 33.2 Å². The maximum Gasteiger partial charge on any atom is 0.275 e. The van der Waals surface area contributed by atoms with Crippen molar-refractivity contribution >= 4 is 41.1 Å². The third-order valence-corrected chi connectivity index (χ3v) is 8.19. The van der Waals surface area contributed by atoms with Crippen LogP contribution in [0.25, 0.3) is 5.65 Å². The zero-order valence-electron chi connectivity index (χ0n) is 28.2. The molecule has 1 aliphatic heterocycles. The summed E-state index contributed by atoms with van der Waals surface area (Å²) in [5, 5.41) is 13.2. The second-order valence-corrected chi connectivity index (χ2v) is 12.6. The molecule has 1 aromatic carbocycles. The Labute approximate surface area is 283 Å². The SMILES string of the molecule is Cc1ccc2nc(C(=O)N[C@H]3CCCNC(=O)CN(C)C(=O)[C@H](Cc4ccccc4)NC(=O)[C@@H](C)NC(=O)[C@@H](C(C)C)NC3=O)c(F)n2c1. The molecule has 49 heavy (non-hydrogen) atoms. The number of aromatic nitrogens is 2. The topological polar surface area (TPSA) is 183 Å². The minimum absolute atomic E-state index is 0.00507. The molecule has 15 heteroatoms. The maximum atomic E-state index is 15.2. The molecule has 1 fully saturated rings. The fourth-order valence-electron chi connectivity index (χ4n) is 5.42. The van der Waals surface area contributed by atoms with E-state index >= 15 is 4.39 Å². The van der Waals surface area contributed by atoms with Crippen LogP contribution in [0.2, 0.25) is 0 Å². The summed E-state index contributed by atoms with van der Waals surface area (Å²) in [4.78, 5) is 85.1. The molecule has 0 saturated carbocycles. The monoisotopic (exact) mass is 678 g/mol. The van der Waals surface area contributed by atoms with Crippen LogP contribution < -0.4 is 26.6 Å². The Morgan fingerprint density at radius 1 is 1.00 bits per heavy atom. The van der Waals surface area contributed by atoms with E-state index in [-0.39, 0.29) is 38.0 Å². The number of aryl methyl sites for hydroxylation is 1. The van der Waals surface area contributed by atoms with Gasteiger partial charge in [-0.1, -0.05) is 50.2 Å². The van der Waals surface area contributed by atoms with E-state index in [1.165, 1.54) is 25.1 Å². The highest BCUT2D eigenvalue weighted by Crippen LogP contribution is 2.14. The third kappa shape index (κ3) is 9.39. The van der Waals surface area contributed by atoms with Gasteiger partial charge in [0.15, 0.2) is 5.69 Å². The quantitative estimate of drug-likeness (QED) is 0.262. The highest BCUT2D eigenvalue weighted by molar-refractivity contribution is 5.98. The van der Waals surface area contributed by atoms with E-state index in [1.807, 2.05) is 18.2 Å². The molecule has 0 radical (unpaired) electrons. The van der Waals surface area contributed by atoms with E-state index in [1.54, 1.807) is 45.0 Å². The van der Waals surface area contributed by atoms with Crippen LogP contribution in [0.4, 0.5) is 4.39 Å². The Bertz CT molecular complexity index is 1710. The minimum atomic E-state index is -1.24. The predicted molar refractivity (Wildman–Crippen MR) is 177 cm³/mol. The van der Waals surface area contributed by atoms with Crippen molar-refractivity contribution in [3.63, 3.8) is 0 Å². The van der Waals surface area contributed by atoms with Gasteiger partial charge in [0.2, 0.25) is 35.5 Å². The lowest BCUT2D eigenvalue weighted by Crippen LogP contribution is -2.59. The first-order valence-electron chi connectivity index (χ1n) is 16.2. The molecule has 262 valence electrons. The molecule has 14 nitrogen and oxygen atoms in total. The average molecular weight is 679 g/mol. The molecule has 0 aliphatic carbocycles. The summed E-state index contributed by atoms with van der Waals surface area (Å²) in [6.45, 7) is 6.37. The zero-order valence-corrected chi connectivity index (χ0v) is 28.2. The summed E-state index contributed by atoms with van der Waals surface area (Å²) < 4.78 is 16.3. The number of imidazole rings is 1. The fraction of sp³-hybridized carbons (Fsp3) is 0.441. The number of nitrogens with zero attached hydrogens (tertiary/aromatic N) is 3. The van der Waals surface area contributed by atoms with Crippen LogP contribution in [-0.2, 0) is 30.4 Å². The first-order valence-corrected chi connectivity index (χ1v) is 16.2. The van der Waals surface area contributed by atoms with Gasteiger partial charge >= 0.3 is 0 Å². The number of carbonyl (C=O) groups is 6. The lowest BCUT2D eigenvalue weighted by atomic mass is 10.0. The molecule has 2 aromatic heterocycles. The second-order valence-electron chi connectivity index (χ2n) is 12.6. The molecule has 3 aromatic rings. The normalized spacial score (nSPS) is 22.1. The maximum absolute atomic E-state index is 15.2. The first-order chi connectivity index (χ1) is 23.2. The van der Waals surface area contributed by atoms with Crippen molar-refractivity contribution in [2.45, 2.75) is 71.1 Å². The van der Waals surface area contributed by atoms with Gasteiger partial charge in [0, 0.05) is 26.2 Å². The van der Waals surface area contributed by atoms with Gasteiger partial charge in [0.25, 0.3) is 5.91 Å². The van der Waals surface area contributed by atoms with Crippen LogP contribution in [0.5, 0.6) is 0 Å². The van der Waals surface area contributed by atoms with Crippen molar-refractivity contribution in [2.75, 3.05) is 20.1 Å². The number of halogens is 1. The van der Waals surface area contributed by atoms with Crippen molar-refractivity contribution in [1.82, 2.24) is 40.9 Å². The van der Waals surface area contributed by atoms with E-state index in [9.17, 15) is 28.8 Å². The van der Waals surface area contributed by atoms with Crippen LogP contribution in [-0.4, -0.2) is 94.0 Å². The number of amides is 6. The number of carbonyl (C=O) groups excluding carboxylic acids is 6. The van der Waals surface area contributed by atoms with Gasteiger partial charge < -0.3 is 31.5 Å². The van der Waals surface area contributed by atoms with Crippen LogP contribution in [0.15, 0.2) is 48.7 Å². The number of pyridine rings is 1. The molecule has 3 heterocycles. The Kier molecular flexibility index (Phi) is 12.0. The number of hydrogen-bond acceptors (Lipinski definition) is 7. The Morgan fingerprint density at radius 2 is 1.71 bits per heavy atom. The van der Waals surface area contributed by atoms with Crippen molar-refractivity contribution in [3.8, 4) is 0 Å². The van der Waals surface area contributed by atoms with Gasteiger partial charge in [-0.25, -0.2) is 4.98 Å². The van der Waals surface area contributed by atoms with Crippen LogP contribution in [0, 0.1) is 18.8 Å². The summed E-state index contributed by atoms with van der Waals surface area (Å²) in [7, 11) is 1.44. The van der Waals surface area contributed by atoms with Crippen molar-refractivity contribution in [3.05, 3.63) is 71.4 Å². The second kappa shape index (κ2) is 16.2. The zero-order chi connectivity index (χ0) is 35.8. The average Bonchev–Trinajstić information content (AvgIpc) is 3.39. The molecule has 1 aliphatic rings. The van der Waals surface area contributed by atoms with E-state index in [0.29, 0.717) is 0 Å². The Hall–Kier alpha value is -5.34. The Balaban J connectivity index is 1.57. The molecule has 4 atom stereocenters. The standard InChI is InChI=1S/C34H43FN8O6/c1-19(2)27-32(47)37-21(4)30(45)39-24(16-22-10-7-6-8-11-22)34(49)42(5)18-26(44)36-15-9-12-23(31(46)41-27)38-33(48)28-29(35)43-17-20(3)13-14-25(43)40-28/h6-8,10-11,13-14,17,19,21,23-24,27H,9,12,15-16,18H2,1-5H3,(H,36,44)(H,37,47)(H,38,48)(H,39,45)(H,41,46)/t21-,23+,24+,27-/m1/s1. The lowest BCUT2D eigenvalue weighted by molar-refractivity contribution is -0.139. The number of benzene rings is 1. The molecule has 0 unspecified atom stereocenters. The summed E-state index contributed by atoms with van der Waals surface area (Å²) in [5.41, 5.74) is 1.21. The van der Waals surface area contributed by atoms with Gasteiger partial charge in [-0.2, -0.15) is 4.39 Å². The minimum Gasteiger partial charge on any atom is -0.355 e. The number of nitrogens with one attached hydrogen (secondary N) is 5. The molecule has 1 saturated heterocycles. The highest BCUT2D eigenvalue weighted by atomic mass is 19.1. The van der Waals surface area contributed by atoms with E-state index in [4.69, 9.17) is 0 Å². The van der Waals surface area contributed by atoms with Gasteiger partial charge in [0.05, 0.1) is 6.54 Å². The third-order valence-electron chi connectivity index (χ3n) is 8.19. The van der Waals surface area contributed by atoms with Crippen molar-refractivity contribution in [2.24, 2.45) is 5.92 Å². The number of fused-ring (bicyclic) bond motifs is 1. The molecule has 0 bridgehead atoms. The summed E-state index contributed by atoms with van der Waals surface area (Å²) in [5.74, 6) is -5.29. The van der Waals surface area contributed by atoms with Gasteiger partial charge in [-0.15, -0.1) is 0 Å². The number of likely N-dealkylation sites (N-methyl/N-ethyl adjacent to an activating group) is 1. The van der Waals surface area contributed by atoms with Gasteiger partial charge in [-0.05, 0) is 49.8 Å². The molecular weight excluding hydrogens is 635 g/mol. The van der Waals surface area contributed by atoms with E-state index < -0.39 is 77.2 Å². The van der Waals surface area contributed by atoms with E-state index in [0.717, 1.165) is 15.5 Å². The van der Waals surface area contributed by atoms with Crippen molar-refractivity contribution in [1.29, 1.82) is 0 Å². The van der Waals surface area contributed by atoms with Gasteiger partial charge in [0.1, 0.15) is 29.8 Å². The summed E-state index contributed by atoms with van der Waals surface area (Å²) in [6.07, 6.45) is 1.85.